The molecule has 0 heterocycles. The Kier molecular flexibility index (Phi) is 6.59. The molecule has 0 radical (unpaired) electrons. The van der Waals surface area contributed by atoms with Gasteiger partial charge in [0.25, 0.3) is 11.8 Å². The largest absolute Gasteiger partial charge is 0.388 e. The van der Waals surface area contributed by atoms with Gasteiger partial charge in [0.1, 0.15) is 18.3 Å². The van der Waals surface area contributed by atoms with E-state index in [9.17, 15) is 23.8 Å². The zero-order valence-corrected chi connectivity index (χ0v) is 12.4. The van der Waals surface area contributed by atoms with Crippen LogP contribution in [0.3, 0.4) is 0 Å². The molecular weight excluding hydrogens is 304 g/mol. The highest BCUT2D eigenvalue weighted by Gasteiger charge is 2.47. The summed E-state index contributed by atoms with van der Waals surface area (Å²) in [5, 5.41) is 21.7. The van der Waals surface area contributed by atoms with E-state index in [0.29, 0.717) is 0 Å². The Bertz CT molecular complexity index is 388. The quantitative estimate of drug-likeness (QED) is 0.365. The summed E-state index contributed by atoms with van der Waals surface area (Å²) < 4.78 is 36.7. The number of aliphatic hydroxyl groups excluding tert-OH is 2. The van der Waals surface area contributed by atoms with Crippen LogP contribution < -0.4 is 16.8 Å². The van der Waals surface area contributed by atoms with Gasteiger partial charge in [0.15, 0.2) is 6.10 Å². The molecule has 0 bridgehead atoms. The van der Waals surface area contributed by atoms with Crippen LogP contribution in [-0.4, -0.2) is 79.3 Å². The van der Waals surface area contributed by atoms with Crippen molar-refractivity contribution in [3.63, 3.8) is 0 Å². The third-order valence-electron chi connectivity index (χ3n) is 3.81. The molecule has 1 saturated carbocycles. The number of amides is 1. The highest BCUT2D eigenvalue weighted by molar-refractivity contribution is 5.82. The van der Waals surface area contributed by atoms with Gasteiger partial charge in [0, 0.05) is 20.3 Å². The zero-order chi connectivity index (χ0) is 17.1. The Balaban J connectivity index is 2.79. The lowest BCUT2D eigenvalue weighted by Crippen LogP contribution is -2.65. The third kappa shape index (κ3) is 3.89. The number of nitrogens with two attached hydrogens (primary N) is 2. The average molecular weight is 327 g/mol. The van der Waals surface area contributed by atoms with Gasteiger partial charge in [-0.1, -0.05) is 0 Å². The topological polar surface area (TPSA) is 140 Å². The van der Waals surface area contributed by atoms with Crippen molar-refractivity contribution in [2.45, 2.75) is 48.8 Å². The number of hydrogen-bond acceptors (Lipinski definition) is 7. The summed E-state index contributed by atoms with van der Waals surface area (Å²) >= 11 is 0. The molecule has 0 aromatic carbocycles. The number of rotatable bonds is 6. The highest BCUT2D eigenvalue weighted by atomic mass is 19.3. The van der Waals surface area contributed by atoms with Crippen molar-refractivity contribution in [1.82, 2.24) is 5.32 Å². The second kappa shape index (κ2) is 7.57. The molecule has 0 aromatic rings. The summed E-state index contributed by atoms with van der Waals surface area (Å²) in [4.78, 5) is 11.7. The molecule has 0 saturated heterocycles. The predicted octanol–water partition coefficient (Wildman–Crippen LogP) is -2.45. The molecule has 7 N–H and O–H groups in total. The van der Waals surface area contributed by atoms with E-state index in [4.69, 9.17) is 20.9 Å². The molecule has 2 unspecified atom stereocenters. The second-order valence-corrected chi connectivity index (χ2v) is 5.27. The summed E-state index contributed by atoms with van der Waals surface area (Å²) in [5.74, 6) is -5.10. The van der Waals surface area contributed by atoms with Gasteiger partial charge in [-0.3, -0.25) is 4.79 Å². The fraction of sp³-hybridized carbons (Fsp3) is 0.917. The first kappa shape index (κ1) is 19.1. The Morgan fingerprint density at radius 2 is 1.95 bits per heavy atom. The summed E-state index contributed by atoms with van der Waals surface area (Å²) in [7, 11) is 2.72. The maximum absolute atomic E-state index is 13.2. The van der Waals surface area contributed by atoms with E-state index in [-0.39, 0.29) is 6.42 Å². The van der Waals surface area contributed by atoms with Crippen molar-refractivity contribution in [2.24, 2.45) is 11.5 Å². The number of hydrogen-bond donors (Lipinski definition) is 5. The Morgan fingerprint density at radius 1 is 1.41 bits per heavy atom. The van der Waals surface area contributed by atoms with Crippen LogP contribution in [0.15, 0.2) is 0 Å². The minimum Gasteiger partial charge on any atom is -0.388 e. The summed E-state index contributed by atoms with van der Waals surface area (Å²) in [6, 6.07) is -1.54. The Labute approximate surface area is 126 Å². The van der Waals surface area contributed by atoms with Gasteiger partial charge in [-0.05, 0) is 6.42 Å². The smallest absolute Gasteiger partial charge is 0.294 e. The molecule has 0 aromatic heterocycles. The molecule has 1 amide bonds. The lowest BCUT2D eigenvalue weighted by atomic mass is 9.84. The van der Waals surface area contributed by atoms with Crippen LogP contribution in [0.25, 0.3) is 0 Å². The van der Waals surface area contributed by atoms with Gasteiger partial charge in [-0.2, -0.15) is 0 Å². The van der Waals surface area contributed by atoms with Gasteiger partial charge >= 0.3 is 0 Å². The maximum atomic E-state index is 13.2. The first-order valence-corrected chi connectivity index (χ1v) is 6.75. The maximum Gasteiger partial charge on any atom is 0.294 e. The minimum absolute atomic E-state index is 0.0756. The van der Waals surface area contributed by atoms with Crippen LogP contribution in [0.4, 0.5) is 8.78 Å². The second-order valence-electron chi connectivity index (χ2n) is 5.27. The Hall–Kier alpha value is -0.910. The van der Waals surface area contributed by atoms with Crippen LogP contribution in [0.2, 0.25) is 0 Å². The van der Waals surface area contributed by atoms with Crippen molar-refractivity contribution < 1.29 is 33.3 Å². The van der Waals surface area contributed by atoms with Gasteiger partial charge in [-0.15, -0.1) is 0 Å². The molecule has 0 aliphatic heterocycles. The molecule has 8 nitrogen and oxygen atoms in total. The molecule has 0 spiro atoms. The standard InChI is InChI=1S/C12H23F2N3O5/c1-21-8-5(16)3-6(7(18)9(8)22-2)17-11(20)10(19)12(13,14)4-15/h5-10,18-19H,3-4,15-16H2,1-2H3,(H,17,20)/t5-,6+,7?,8+,9+,10?/m0/s1. The number of methoxy groups -OCH3 is 2. The van der Waals surface area contributed by atoms with E-state index in [1.807, 2.05) is 0 Å². The van der Waals surface area contributed by atoms with Gasteiger partial charge in [-0.25, -0.2) is 8.78 Å². The fourth-order valence-electron chi connectivity index (χ4n) is 2.53. The van der Waals surface area contributed by atoms with Crippen molar-refractivity contribution in [2.75, 3.05) is 20.8 Å². The minimum atomic E-state index is -3.76. The molecule has 1 fully saturated rings. The van der Waals surface area contributed by atoms with Gasteiger partial charge in [0.2, 0.25) is 0 Å². The molecule has 130 valence electrons. The molecule has 1 aliphatic rings. The summed E-state index contributed by atoms with van der Waals surface area (Å²) in [5.41, 5.74) is 10.7. The SMILES string of the molecule is CO[C@H]1[C@H](OC)C(O)[C@H](NC(=O)C(O)C(F)(F)CN)C[C@@H]1N. The van der Waals surface area contributed by atoms with E-state index in [0.717, 1.165) is 0 Å². The predicted molar refractivity (Wildman–Crippen MR) is 72.1 cm³/mol. The van der Waals surface area contributed by atoms with Crippen LogP contribution in [-0.2, 0) is 14.3 Å². The van der Waals surface area contributed by atoms with Crippen LogP contribution in [0.1, 0.15) is 6.42 Å². The van der Waals surface area contributed by atoms with Crippen molar-refractivity contribution in [1.29, 1.82) is 0 Å². The third-order valence-corrected chi connectivity index (χ3v) is 3.81. The fourth-order valence-corrected chi connectivity index (χ4v) is 2.53. The van der Waals surface area contributed by atoms with E-state index >= 15 is 0 Å². The van der Waals surface area contributed by atoms with Crippen LogP contribution in [0, 0.1) is 0 Å². The van der Waals surface area contributed by atoms with Gasteiger partial charge < -0.3 is 36.5 Å². The van der Waals surface area contributed by atoms with Crippen LogP contribution >= 0.6 is 0 Å². The van der Waals surface area contributed by atoms with Crippen LogP contribution in [0.5, 0.6) is 0 Å². The van der Waals surface area contributed by atoms with E-state index in [1.165, 1.54) is 14.2 Å². The first-order valence-electron chi connectivity index (χ1n) is 6.75. The number of ether oxygens (including phenoxy) is 2. The van der Waals surface area contributed by atoms with E-state index < -0.39 is 54.9 Å². The summed E-state index contributed by atoms with van der Waals surface area (Å²) in [6.45, 7) is -1.18. The van der Waals surface area contributed by atoms with E-state index in [1.54, 1.807) is 0 Å². The first-order chi connectivity index (χ1) is 10.2. The number of halogens is 2. The highest BCUT2D eigenvalue weighted by Crippen LogP contribution is 2.24. The number of carbonyl (C=O) groups excluding carboxylic acids is 1. The number of aliphatic hydroxyl groups is 2. The molecule has 1 rings (SSSR count). The molecule has 10 heteroatoms. The zero-order valence-electron chi connectivity index (χ0n) is 12.4. The van der Waals surface area contributed by atoms with Crippen molar-refractivity contribution in [3.05, 3.63) is 0 Å². The summed E-state index contributed by atoms with van der Waals surface area (Å²) in [6.07, 6.45) is -5.21. The number of carbonyl (C=O) groups is 1. The number of nitrogens with one attached hydrogen (secondary N) is 1. The lowest BCUT2D eigenvalue weighted by molar-refractivity contribution is -0.160. The molecule has 1 aliphatic carbocycles. The lowest BCUT2D eigenvalue weighted by Gasteiger charge is -2.42. The Morgan fingerprint density at radius 3 is 2.41 bits per heavy atom. The van der Waals surface area contributed by atoms with E-state index in [2.05, 4.69) is 5.32 Å². The molecule has 6 atom stereocenters. The number of alkyl halides is 2. The molecular formula is C12H23F2N3O5. The van der Waals surface area contributed by atoms with Crippen molar-refractivity contribution in [3.8, 4) is 0 Å². The normalized spacial score (nSPS) is 34.3. The van der Waals surface area contributed by atoms with Crippen molar-refractivity contribution >= 4 is 5.91 Å². The monoisotopic (exact) mass is 327 g/mol. The average Bonchev–Trinajstić information content (AvgIpc) is 2.49. The molecule has 22 heavy (non-hydrogen) atoms. The van der Waals surface area contributed by atoms with Gasteiger partial charge in [0.05, 0.1) is 12.6 Å².